The molecule has 0 aliphatic rings. The van der Waals surface area contributed by atoms with E-state index in [1.807, 2.05) is 92.2 Å². The van der Waals surface area contributed by atoms with E-state index in [-0.39, 0.29) is 5.25 Å². The Labute approximate surface area is 175 Å². The van der Waals surface area contributed by atoms with Gasteiger partial charge in [-0.25, -0.2) is 14.2 Å². The Hall–Kier alpha value is -2.83. The second-order valence-corrected chi connectivity index (χ2v) is 10.4. The quantitative estimate of drug-likeness (QED) is 0.374. The van der Waals surface area contributed by atoms with Gasteiger partial charge in [0.15, 0.2) is 5.82 Å². The summed E-state index contributed by atoms with van der Waals surface area (Å²) >= 11 is 1.57. The first kappa shape index (κ1) is 19.5. The van der Waals surface area contributed by atoms with Crippen molar-refractivity contribution in [2.24, 2.45) is 4.36 Å². The van der Waals surface area contributed by atoms with Crippen molar-refractivity contribution in [3.8, 4) is 21.7 Å². The van der Waals surface area contributed by atoms with E-state index >= 15 is 0 Å². The molecule has 1 unspecified atom stereocenters. The molecule has 4 nitrogen and oxygen atoms in total. The molecule has 0 bridgehead atoms. The molecule has 6 heteroatoms. The van der Waals surface area contributed by atoms with Gasteiger partial charge < -0.3 is 0 Å². The van der Waals surface area contributed by atoms with Crippen LogP contribution in [0.1, 0.15) is 13.8 Å². The summed E-state index contributed by atoms with van der Waals surface area (Å²) in [5.74, 6) is 0.470. The van der Waals surface area contributed by atoms with Gasteiger partial charge in [0, 0.05) is 21.9 Å². The van der Waals surface area contributed by atoms with E-state index in [0.717, 1.165) is 26.6 Å². The minimum absolute atomic E-state index is 0.140. The lowest BCUT2D eigenvalue weighted by Gasteiger charge is -2.14. The van der Waals surface area contributed by atoms with Crippen LogP contribution in [0.5, 0.6) is 0 Å². The Bertz CT molecular complexity index is 1230. The molecule has 2 aromatic heterocycles. The molecule has 0 fully saturated rings. The van der Waals surface area contributed by atoms with Crippen LogP contribution in [0.25, 0.3) is 21.7 Å². The molecule has 0 aliphatic carbocycles. The third-order valence-electron chi connectivity index (χ3n) is 4.57. The zero-order chi connectivity index (χ0) is 20.3. The maximum atomic E-state index is 13.7. The van der Waals surface area contributed by atoms with E-state index in [1.165, 1.54) is 0 Å². The van der Waals surface area contributed by atoms with Gasteiger partial charge in [0.25, 0.3) is 0 Å². The highest BCUT2D eigenvalue weighted by Gasteiger charge is 2.18. The fraction of sp³-hybridized carbons (Fsp3) is 0.130. The third kappa shape index (κ3) is 3.99. The molecule has 0 N–H and O–H groups in total. The maximum Gasteiger partial charge on any atom is 0.162 e. The highest BCUT2D eigenvalue weighted by Crippen LogP contribution is 2.36. The fourth-order valence-corrected chi connectivity index (χ4v) is 5.64. The van der Waals surface area contributed by atoms with E-state index in [2.05, 4.69) is 14.3 Å². The molecule has 2 aromatic carbocycles. The summed E-state index contributed by atoms with van der Waals surface area (Å²) in [7, 11) is -2.63. The molecular weight excluding hydrogens is 398 g/mol. The molecular formula is C23H21N3OS2. The summed E-state index contributed by atoms with van der Waals surface area (Å²) < 4.78 is 18.4. The molecule has 2 heterocycles. The predicted octanol–water partition coefficient (Wildman–Crippen LogP) is 6.44. The Balaban J connectivity index is 1.81. The van der Waals surface area contributed by atoms with Gasteiger partial charge in [-0.2, -0.15) is 4.36 Å². The van der Waals surface area contributed by atoms with Crippen molar-refractivity contribution in [1.29, 1.82) is 0 Å². The van der Waals surface area contributed by atoms with Crippen LogP contribution in [0.4, 0.5) is 5.82 Å². The first-order valence-corrected chi connectivity index (χ1v) is 11.8. The van der Waals surface area contributed by atoms with Crippen molar-refractivity contribution in [1.82, 2.24) is 9.97 Å². The smallest absolute Gasteiger partial charge is 0.162 e. The first-order valence-electron chi connectivity index (χ1n) is 9.34. The lowest BCUT2D eigenvalue weighted by atomic mass is 10.1. The van der Waals surface area contributed by atoms with Crippen LogP contribution in [0.3, 0.4) is 0 Å². The zero-order valence-corrected chi connectivity index (χ0v) is 17.9. The summed E-state index contributed by atoms with van der Waals surface area (Å²) in [4.78, 5) is 10.7. The monoisotopic (exact) mass is 419 g/mol. The van der Waals surface area contributed by atoms with Gasteiger partial charge in [0.05, 0.1) is 25.8 Å². The van der Waals surface area contributed by atoms with Crippen molar-refractivity contribution in [3.05, 3.63) is 84.5 Å². The van der Waals surface area contributed by atoms with Crippen molar-refractivity contribution in [3.63, 3.8) is 0 Å². The van der Waals surface area contributed by atoms with E-state index in [9.17, 15) is 4.21 Å². The molecule has 0 saturated carbocycles. The van der Waals surface area contributed by atoms with Crippen molar-refractivity contribution >= 4 is 26.9 Å². The fourth-order valence-electron chi connectivity index (χ4n) is 3.05. The number of aromatic nitrogens is 2. The lowest BCUT2D eigenvalue weighted by molar-refractivity contribution is 0.669. The van der Waals surface area contributed by atoms with Gasteiger partial charge in [-0.3, -0.25) is 0 Å². The number of nitrogens with zero attached hydrogens (tertiary/aromatic N) is 3. The van der Waals surface area contributed by atoms with E-state index in [1.54, 1.807) is 17.5 Å². The minimum Gasteiger partial charge on any atom is -0.244 e. The molecule has 29 heavy (non-hydrogen) atoms. The molecule has 0 saturated heterocycles. The molecule has 0 aliphatic heterocycles. The summed E-state index contributed by atoms with van der Waals surface area (Å²) in [6.45, 7) is 3.86. The molecule has 0 amide bonds. The number of hydrogen-bond donors (Lipinski definition) is 0. The van der Waals surface area contributed by atoms with Gasteiger partial charge in [-0.1, -0.05) is 48.5 Å². The van der Waals surface area contributed by atoms with Crippen LogP contribution in [0.15, 0.2) is 93.8 Å². The summed E-state index contributed by atoms with van der Waals surface area (Å²) in [5, 5.41) is -0.140. The Morgan fingerprint density at radius 3 is 2.28 bits per heavy atom. The number of benzene rings is 2. The summed E-state index contributed by atoms with van der Waals surface area (Å²) in [5.41, 5.74) is 4.81. The van der Waals surface area contributed by atoms with Gasteiger partial charge in [-0.05, 0) is 43.7 Å². The molecule has 0 radical (unpaired) electrons. The topological polar surface area (TPSA) is 55.2 Å². The normalized spacial score (nSPS) is 13.2. The maximum absolute atomic E-state index is 13.7. The first-order chi connectivity index (χ1) is 14.1. The lowest BCUT2D eigenvalue weighted by Crippen LogP contribution is -2.13. The highest BCUT2D eigenvalue weighted by atomic mass is 32.2. The van der Waals surface area contributed by atoms with Crippen molar-refractivity contribution in [2.45, 2.75) is 24.0 Å². The van der Waals surface area contributed by atoms with Crippen LogP contribution in [0, 0.1) is 0 Å². The molecule has 4 aromatic rings. The number of thiazole rings is 1. The number of pyridine rings is 1. The Morgan fingerprint density at radius 2 is 1.59 bits per heavy atom. The van der Waals surface area contributed by atoms with E-state index < -0.39 is 9.73 Å². The molecule has 1 atom stereocenters. The van der Waals surface area contributed by atoms with Crippen LogP contribution >= 0.6 is 11.3 Å². The summed E-state index contributed by atoms with van der Waals surface area (Å²) in [6.07, 6.45) is 1.72. The Morgan fingerprint density at radius 1 is 0.897 bits per heavy atom. The van der Waals surface area contributed by atoms with Crippen molar-refractivity contribution in [2.75, 3.05) is 0 Å². The van der Waals surface area contributed by atoms with E-state index in [0.29, 0.717) is 5.82 Å². The van der Waals surface area contributed by atoms with Crippen molar-refractivity contribution < 1.29 is 4.21 Å². The van der Waals surface area contributed by atoms with E-state index in [4.69, 9.17) is 0 Å². The van der Waals surface area contributed by atoms with Gasteiger partial charge >= 0.3 is 0 Å². The standard InChI is InChI=1S/C23H21N3OS2/c1-17(2)29(27,20-11-7-4-8-12-20)26-21-15-19(13-14-24-21)23-22(25-16-28-23)18-9-5-3-6-10-18/h3-17H,1-2H3. The predicted molar refractivity (Wildman–Crippen MR) is 121 cm³/mol. The largest absolute Gasteiger partial charge is 0.244 e. The van der Waals surface area contributed by atoms with Crippen LogP contribution < -0.4 is 0 Å². The second-order valence-electron chi connectivity index (χ2n) is 6.82. The highest BCUT2D eigenvalue weighted by molar-refractivity contribution is 7.94. The molecule has 0 spiro atoms. The zero-order valence-electron chi connectivity index (χ0n) is 16.2. The van der Waals surface area contributed by atoms with Gasteiger partial charge in [-0.15, -0.1) is 11.3 Å². The minimum atomic E-state index is -2.63. The average Bonchev–Trinajstić information content (AvgIpc) is 3.25. The molecule has 146 valence electrons. The third-order valence-corrected chi connectivity index (χ3v) is 8.13. The van der Waals surface area contributed by atoms with Gasteiger partial charge in [0.1, 0.15) is 0 Å². The van der Waals surface area contributed by atoms with Gasteiger partial charge in [0.2, 0.25) is 0 Å². The number of rotatable bonds is 5. The summed E-state index contributed by atoms with van der Waals surface area (Å²) in [6, 6.07) is 23.4. The Kier molecular flexibility index (Phi) is 5.56. The molecule has 4 rings (SSSR count). The SMILES string of the molecule is CC(C)S(=O)(=Nc1cc(-c2scnc2-c2ccccc2)ccn1)c1ccccc1. The van der Waals surface area contributed by atoms with Crippen LogP contribution in [-0.4, -0.2) is 19.4 Å². The average molecular weight is 420 g/mol. The van der Waals surface area contributed by atoms with Crippen LogP contribution in [0.2, 0.25) is 0 Å². The number of hydrogen-bond acceptors (Lipinski definition) is 5. The second kappa shape index (κ2) is 8.27. The van der Waals surface area contributed by atoms with Crippen LogP contribution in [-0.2, 0) is 9.73 Å².